The largest absolute Gasteiger partial charge is 0.481 e. The zero-order chi connectivity index (χ0) is 10.8. The van der Waals surface area contributed by atoms with Gasteiger partial charge in [0.05, 0.1) is 0 Å². The smallest absolute Gasteiger partial charge is 0.303 e. The van der Waals surface area contributed by atoms with Gasteiger partial charge in [0.1, 0.15) is 0 Å². The van der Waals surface area contributed by atoms with Crippen molar-refractivity contribution in [3.8, 4) is 0 Å². The summed E-state index contributed by atoms with van der Waals surface area (Å²) in [5.74, 6) is -0.708. The van der Waals surface area contributed by atoms with Crippen LogP contribution in [0.5, 0.6) is 0 Å². The average Bonchev–Trinajstić information content (AvgIpc) is 2.50. The van der Waals surface area contributed by atoms with Crippen LogP contribution in [0.2, 0.25) is 0 Å². The minimum atomic E-state index is -0.708. The summed E-state index contributed by atoms with van der Waals surface area (Å²) in [7, 11) is 0. The second-order valence-electron chi connectivity index (χ2n) is 4.29. The van der Waals surface area contributed by atoms with Crippen LogP contribution in [0.3, 0.4) is 0 Å². The lowest BCUT2D eigenvalue weighted by Crippen LogP contribution is -2.04. The fourth-order valence-electron chi connectivity index (χ4n) is 2.47. The van der Waals surface area contributed by atoms with E-state index in [9.17, 15) is 4.79 Å². The maximum Gasteiger partial charge on any atom is 0.303 e. The molecule has 1 aromatic heterocycles. The highest BCUT2D eigenvalue weighted by Gasteiger charge is 2.18. The Kier molecular flexibility index (Phi) is 2.80. The fraction of sp³-hybridized carbons (Fsp3) is 0.583. The van der Waals surface area contributed by atoms with E-state index in [1.807, 2.05) is 0 Å². The number of aliphatic carboxylic acids is 1. The second-order valence-corrected chi connectivity index (χ2v) is 4.29. The minimum Gasteiger partial charge on any atom is -0.481 e. The van der Waals surface area contributed by atoms with Crippen molar-refractivity contribution >= 4 is 5.97 Å². The monoisotopic (exact) mass is 207 g/mol. The van der Waals surface area contributed by atoms with E-state index >= 15 is 0 Å². The summed E-state index contributed by atoms with van der Waals surface area (Å²) < 4.78 is 0. The molecule has 0 spiro atoms. The van der Waals surface area contributed by atoms with Crippen LogP contribution in [0.4, 0.5) is 0 Å². The van der Waals surface area contributed by atoms with Gasteiger partial charge in [0.2, 0.25) is 0 Å². The number of aromatic nitrogens is 1. The van der Waals surface area contributed by atoms with Crippen molar-refractivity contribution < 1.29 is 9.90 Å². The first-order valence-corrected chi connectivity index (χ1v) is 5.59. The molecule has 1 heterocycles. The van der Waals surface area contributed by atoms with Gasteiger partial charge in [-0.05, 0) is 50.2 Å². The summed E-state index contributed by atoms with van der Waals surface area (Å²) in [4.78, 5) is 14.0. The molecule has 0 radical (unpaired) electrons. The zero-order valence-electron chi connectivity index (χ0n) is 9.10. The van der Waals surface area contributed by atoms with E-state index in [4.69, 9.17) is 5.11 Å². The van der Waals surface area contributed by atoms with Crippen LogP contribution in [-0.2, 0) is 24.1 Å². The standard InChI is InChI=1S/C12H17NO2/c1-8-9(6-7-12(14)15)10-4-2-3-5-11(10)13-8/h13H,2-7H2,1H3,(H,14,15). The number of carboxylic acids is 1. The quantitative estimate of drug-likeness (QED) is 0.798. The Balaban J connectivity index is 2.21. The van der Waals surface area contributed by atoms with Crippen molar-refractivity contribution in [2.75, 3.05) is 0 Å². The Bertz CT molecular complexity index is 379. The van der Waals surface area contributed by atoms with Gasteiger partial charge in [-0.1, -0.05) is 0 Å². The summed E-state index contributed by atoms with van der Waals surface area (Å²) in [6.07, 6.45) is 5.66. The average molecular weight is 207 g/mol. The highest BCUT2D eigenvalue weighted by Crippen LogP contribution is 2.27. The predicted octanol–water partition coefficient (Wildman–Crippen LogP) is 2.22. The molecule has 3 nitrogen and oxygen atoms in total. The zero-order valence-corrected chi connectivity index (χ0v) is 9.10. The molecular weight excluding hydrogens is 190 g/mol. The Morgan fingerprint density at radius 1 is 1.40 bits per heavy atom. The molecule has 1 aromatic rings. The van der Waals surface area contributed by atoms with Gasteiger partial charge >= 0.3 is 5.97 Å². The van der Waals surface area contributed by atoms with E-state index < -0.39 is 5.97 Å². The first-order valence-electron chi connectivity index (χ1n) is 5.59. The van der Waals surface area contributed by atoms with Crippen LogP contribution >= 0.6 is 0 Å². The van der Waals surface area contributed by atoms with Gasteiger partial charge in [-0.15, -0.1) is 0 Å². The Labute approximate surface area is 89.5 Å². The molecule has 0 fully saturated rings. The van der Waals surface area contributed by atoms with Crippen LogP contribution in [0.15, 0.2) is 0 Å². The van der Waals surface area contributed by atoms with Crippen LogP contribution in [0.25, 0.3) is 0 Å². The number of hydrogen-bond donors (Lipinski definition) is 2. The van der Waals surface area contributed by atoms with Gasteiger partial charge in [-0.2, -0.15) is 0 Å². The number of fused-ring (bicyclic) bond motifs is 1. The molecular formula is C12H17NO2. The number of nitrogens with one attached hydrogen (secondary N) is 1. The maximum absolute atomic E-state index is 10.6. The molecule has 0 aliphatic heterocycles. The topological polar surface area (TPSA) is 53.1 Å². The molecule has 2 rings (SSSR count). The Hall–Kier alpha value is -1.25. The molecule has 82 valence electrons. The van der Waals surface area contributed by atoms with E-state index in [1.54, 1.807) is 0 Å². The van der Waals surface area contributed by atoms with Crippen LogP contribution in [0.1, 0.15) is 41.8 Å². The van der Waals surface area contributed by atoms with Gasteiger partial charge < -0.3 is 10.1 Å². The van der Waals surface area contributed by atoms with Gasteiger partial charge in [-0.25, -0.2) is 0 Å². The number of carboxylic acid groups (broad SMARTS) is 1. The first-order chi connectivity index (χ1) is 7.18. The van der Waals surface area contributed by atoms with Crippen LogP contribution < -0.4 is 0 Å². The highest BCUT2D eigenvalue weighted by molar-refractivity contribution is 5.67. The molecule has 0 saturated heterocycles. The van der Waals surface area contributed by atoms with Crippen molar-refractivity contribution in [2.24, 2.45) is 0 Å². The van der Waals surface area contributed by atoms with E-state index in [1.165, 1.54) is 35.4 Å². The van der Waals surface area contributed by atoms with Gasteiger partial charge in [-0.3, -0.25) is 4.79 Å². The number of carbonyl (C=O) groups is 1. The lowest BCUT2D eigenvalue weighted by Gasteiger charge is -2.12. The molecule has 2 N–H and O–H groups in total. The van der Waals surface area contributed by atoms with E-state index in [0.717, 1.165) is 12.8 Å². The molecule has 0 aromatic carbocycles. The normalized spacial score (nSPS) is 15.0. The third-order valence-corrected chi connectivity index (χ3v) is 3.21. The van der Waals surface area contributed by atoms with Gasteiger partial charge in [0.15, 0.2) is 0 Å². The lowest BCUT2D eigenvalue weighted by atomic mass is 9.93. The number of rotatable bonds is 3. The molecule has 0 saturated carbocycles. The van der Waals surface area contributed by atoms with Crippen LogP contribution in [0, 0.1) is 6.92 Å². The Morgan fingerprint density at radius 2 is 2.13 bits per heavy atom. The lowest BCUT2D eigenvalue weighted by molar-refractivity contribution is -0.136. The second kappa shape index (κ2) is 4.09. The number of aryl methyl sites for hydroxylation is 2. The molecule has 1 aliphatic rings. The summed E-state index contributed by atoms with van der Waals surface area (Å²) in [6, 6.07) is 0. The maximum atomic E-state index is 10.6. The fourth-order valence-corrected chi connectivity index (χ4v) is 2.47. The van der Waals surface area contributed by atoms with E-state index in [0.29, 0.717) is 6.42 Å². The first kappa shape index (κ1) is 10.3. The number of aromatic amines is 1. The summed E-state index contributed by atoms with van der Waals surface area (Å²) in [6.45, 7) is 2.05. The molecule has 0 unspecified atom stereocenters. The van der Waals surface area contributed by atoms with Crippen molar-refractivity contribution in [3.05, 3.63) is 22.5 Å². The summed E-state index contributed by atoms with van der Waals surface area (Å²) in [5.41, 5.74) is 5.18. The van der Waals surface area contributed by atoms with Gasteiger partial charge in [0.25, 0.3) is 0 Å². The van der Waals surface area contributed by atoms with E-state index in [2.05, 4.69) is 11.9 Å². The SMILES string of the molecule is Cc1[nH]c2c(c1CCC(=O)O)CCCC2. The number of H-pyrrole nitrogens is 1. The molecule has 1 aliphatic carbocycles. The van der Waals surface area contributed by atoms with Crippen molar-refractivity contribution in [2.45, 2.75) is 45.4 Å². The molecule has 0 bridgehead atoms. The summed E-state index contributed by atoms with van der Waals surface area (Å²) in [5, 5.41) is 8.70. The van der Waals surface area contributed by atoms with Crippen molar-refractivity contribution in [3.63, 3.8) is 0 Å². The number of hydrogen-bond acceptors (Lipinski definition) is 1. The third kappa shape index (κ3) is 2.06. The predicted molar refractivity (Wildman–Crippen MR) is 58.1 cm³/mol. The van der Waals surface area contributed by atoms with Crippen molar-refractivity contribution in [1.82, 2.24) is 4.98 Å². The van der Waals surface area contributed by atoms with Gasteiger partial charge in [0, 0.05) is 17.8 Å². The molecule has 15 heavy (non-hydrogen) atoms. The Morgan fingerprint density at radius 3 is 2.87 bits per heavy atom. The third-order valence-electron chi connectivity index (χ3n) is 3.21. The molecule has 0 atom stereocenters. The molecule has 3 heteroatoms. The summed E-state index contributed by atoms with van der Waals surface area (Å²) >= 11 is 0. The van der Waals surface area contributed by atoms with E-state index in [-0.39, 0.29) is 6.42 Å². The highest BCUT2D eigenvalue weighted by atomic mass is 16.4. The van der Waals surface area contributed by atoms with Crippen molar-refractivity contribution in [1.29, 1.82) is 0 Å². The van der Waals surface area contributed by atoms with Crippen LogP contribution in [-0.4, -0.2) is 16.1 Å². The minimum absolute atomic E-state index is 0.241. The molecule has 0 amide bonds.